The molecule has 1 aliphatic heterocycles. The van der Waals surface area contributed by atoms with Gasteiger partial charge in [-0.2, -0.15) is 0 Å². The van der Waals surface area contributed by atoms with Crippen LogP contribution < -0.4 is 10.6 Å². The van der Waals surface area contributed by atoms with Gasteiger partial charge in [0.2, 0.25) is 5.91 Å². The van der Waals surface area contributed by atoms with E-state index in [1.807, 2.05) is 12.1 Å². The Morgan fingerprint density at radius 3 is 3.16 bits per heavy atom. The van der Waals surface area contributed by atoms with Crippen LogP contribution in [0, 0.1) is 6.92 Å². The lowest BCUT2D eigenvalue weighted by Gasteiger charge is -2.21. The zero-order valence-corrected chi connectivity index (χ0v) is 11.7. The van der Waals surface area contributed by atoms with E-state index in [9.17, 15) is 4.79 Å². The molecule has 0 radical (unpaired) electrons. The van der Waals surface area contributed by atoms with Gasteiger partial charge in [-0.3, -0.25) is 4.79 Å². The molecule has 1 aliphatic rings. The monoisotopic (exact) mass is 275 g/mol. The molecule has 1 atom stereocenters. The number of aryl methyl sites for hydroxylation is 1. The maximum atomic E-state index is 12.1. The van der Waals surface area contributed by atoms with Crippen molar-refractivity contribution in [3.8, 4) is 0 Å². The average Bonchev–Trinajstić information content (AvgIpc) is 2.81. The molecule has 2 heterocycles. The van der Waals surface area contributed by atoms with E-state index >= 15 is 0 Å². The third-order valence-corrected chi connectivity index (χ3v) is 4.33. The lowest BCUT2D eigenvalue weighted by Crippen LogP contribution is -2.43. The largest absolute Gasteiger partial charge is 0.306 e. The molecule has 0 bridgehead atoms. The van der Waals surface area contributed by atoms with Crippen molar-refractivity contribution in [3.63, 3.8) is 0 Å². The van der Waals surface area contributed by atoms with E-state index in [-0.39, 0.29) is 11.9 Å². The minimum Gasteiger partial charge on any atom is -0.306 e. The molecule has 1 fully saturated rings. The number of hydrogen-bond acceptors (Lipinski definition) is 4. The highest BCUT2D eigenvalue weighted by Gasteiger charge is 2.21. The van der Waals surface area contributed by atoms with Gasteiger partial charge in [-0.25, -0.2) is 4.98 Å². The van der Waals surface area contributed by atoms with Gasteiger partial charge in [-0.1, -0.05) is 23.8 Å². The van der Waals surface area contributed by atoms with Gasteiger partial charge in [0.25, 0.3) is 0 Å². The second-order valence-electron chi connectivity index (χ2n) is 4.98. The molecule has 3 rings (SSSR count). The Balaban J connectivity index is 1.75. The van der Waals surface area contributed by atoms with Crippen molar-refractivity contribution < 1.29 is 4.79 Å². The van der Waals surface area contributed by atoms with E-state index < -0.39 is 0 Å². The molecule has 1 amide bonds. The number of nitrogens with one attached hydrogen (secondary N) is 2. The molecule has 1 aromatic heterocycles. The molecule has 2 N–H and O–H groups in total. The first-order valence-electron chi connectivity index (χ1n) is 6.64. The second kappa shape index (κ2) is 5.27. The summed E-state index contributed by atoms with van der Waals surface area (Å²) in [5, 5.41) is 6.87. The molecule has 100 valence electrons. The van der Waals surface area contributed by atoms with Crippen molar-refractivity contribution in [2.24, 2.45) is 0 Å². The van der Waals surface area contributed by atoms with E-state index in [2.05, 4.69) is 28.6 Å². The fourth-order valence-electron chi connectivity index (χ4n) is 2.35. The number of thiazole rings is 1. The number of piperidine rings is 1. The Kier molecular flexibility index (Phi) is 3.48. The van der Waals surface area contributed by atoms with E-state index in [1.54, 1.807) is 0 Å². The van der Waals surface area contributed by atoms with E-state index in [0.29, 0.717) is 5.13 Å². The third-order valence-electron chi connectivity index (χ3n) is 3.40. The Morgan fingerprint density at radius 1 is 1.47 bits per heavy atom. The first-order valence-corrected chi connectivity index (χ1v) is 7.45. The van der Waals surface area contributed by atoms with Gasteiger partial charge < -0.3 is 10.6 Å². The van der Waals surface area contributed by atoms with Crippen LogP contribution in [0.15, 0.2) is 18.2 Å². The Hall–Kier alpha value is -1.46. The highest BCUT2D eigenvalue weighted by molar-refractivity contribution is 7.22. The van der Waals surface area contributed by atoms with E-state index in [1.165, 1.54) is 16.9 Å². The number of fused-ring (bicyclic) bond motifs is 1. The van der Waals surface area contributed by atoms with Crippen LogP contribution >= 0.6 is 11.3 Å². The zero-order valence-electron chi connectivity index (χ0n) is 10.9. The van der Waals surface area contributed by atoms with Crippen LogP contribution in [0.3, 0.4) is 0 Å². The van der Waals surface area contributed by atoms with Crippen molar-refractivity contribution in [3.05, 3.63) is 23.8 Å². The number of carbonyl (C=O) groups excluding carboxylic acids is 1. The van der Waals surface area contributed by atoms with Crippen molar-refractivity contribution in [1.29, 1.82) is 0 Å². The van der Waals surface area contributed by atoms with Gasteiger partial charge in [0.15, 0.2) is 5.13 Å². The van der Waals surface area contributed by atoms with Crippen LogP contribution in [0.25, 0.3) is 10.2 Å². The summed E-state index contributed by atoms with van der Waals surface area (Å²) < 4.78 is 1.12. The number of amides is 1. The van der Waals surface area contributed by atoms with Crippen LogP contribution in [0.2, 0.25) is 0 Å². The molecule has 4 nitrogen and oxygen atoms in total. The van der Waals surface area contributed by atoms with Crippen LogP contribution in [0.5, 0.6) is 0 Å². The summed E-state index contributed by atoms with van der Waals surface area (Å²) in [7, 11) is 0. The molecule has 1 aromatic carbocycles. The minimum absolute atomic E-state index is 0.0375. The Morgan fingerprint density at radius 2 is 2.37 bits per heavy atom. The number of carbonyl (C=O) groups is 1. The first kappa shape index (κ1) is 12.6. The minimum atomic E-state index is -0.0671. The number of hydrogen-bond donors (Lipinski definition) is 2. The Bertz CT molecular complexity index is 602. The SMILES string of the molecule is Cc1ccc2nc(NC(=O)[C@@H]3CCCCN3)sc2c1. The normalized spacial score (nSPS) is 19.5. The summed E-state index contributed by atoms with van der Waals surface area (Å²) in [4.78, 5) is 16.6. The smallest absolute Gasteiger partial charge is 0.243 e. The molecular formula is C14H17N3OS. The summed E-state index contributed by atoms with van der Waals surface area (Å²) in [6.45, 7) is 2.99. The van der Waals surface area contributed by atoms with Crippen LogP contribution in [0.1, 0.15) is 24.8 Å². The maximum absolute atomic E-state index is 12.1. The third kappa shape index (κ3) is 2.77. The molecule has 2 aromatic rings. The lowest BCUT2D eigenvalue weighted by atomic mass is 10.0. The Labute approximate surface area is 116 Å². The highest BCUT2D eigenvalue weighted by Crippen LogP contribution is 2.26. The van der Waals surface area contributed by atoms with Gasteiger partial charge >= 0.3 is 0 Å². The number of aromatic nitrogens is 1. The van der Waals surface area contributed by atoms with Crippen LogP contribution in [0.4, 0.5) is 5.13 Å². The zero-order chi connectivity index (χ0) is 13.2. The second-order valence-corrected chi connectivity index (χ2v) is 6.01. The first-order chi connectivity index (χ1) is 9.22. The number of nitrogens with zero attached hydrogens (tertiary/aromatic N) is 1. The van der Waals surface area contributed by atoms with Gasteiger partial charge in [0.05, 0.1) is 16.3 Å². The van der Waals surface area contributed by atoms with Crippen molar-refractivity contribution in [2.45, 2.75) is 32.2 Å². The van der Waals surface area contributed by atoms with Crippen molar-refractivity contribution >= 4 is 32.6 Å². The predicted octanol–water partition coefficient (Wildman–Crippen LogP) is 2.69. The van der Waals surface area contributed by atoms with Gasteiger partial charge in [0.1, 0.15) is 0 Å². The summed E-state index contributed by atoms with van der Waals surface area (Å²) in [6, 6.07) is 6.07. The molecule has 1 saturated heterocycles. The summed E-state index contributed by atoms with van der Waals surface area (Å²) in [6.07, 6.45) is 3.18. The van der Waals surface area contributed by atoms with Crippen molar-refractivity contribution in [1.82, 2.24) is 10.3 Å². The molecule has 0 spiro atoms. The topological polar surface area (TPSA) is 54.0 Å². The van der Waals surface area contributed by atoms with Gasteiger partial charge in [0, 0.05) is 0 Å². The summed E-state index contributed by atoms with van der Waals surface area (Å²) >= 11 is 1.53. The molecule has 0 saturated carbocycles. The fourth-order valence-corrected chi connectivity index (χ4v) is 3.32. The van der Waals surface area contributed by atoms with Crippen LogP contribution in [-0.2, 0) is 4.79 Å². The molecule has 19 heavy (non-hydrogen) atoms. The lowest BCUT2D eigenvalue weighted by molar-refractivity contribution is -0.118. The highest BCUT2D eigenvalue weighted by atomic mass is 32.1. The molecular weight excluding hydrogens is 258 g/mol. The quantitative estimate of drug-likeness (QED) is 0.886. The average molecular weight is 275 g/mol. The van der Waals surface area contributed by atoms with Crippen LogP contribution in [-0.4, -0.2) is 23.5 Å². The number of anilines is 1. The number of rotatable bonds is 2. The number of benzene rings is 1. The van der Waals surface area contributed by atoms with E-state index in [4.69, 9.17) is 0 Å². The van der Waals surface area contributed by atoms with Gasteiger partial charge in [-0.15, -0.1) is 0 Å². The standard InChI is InChI=1S/C14H17N3OS/c1-9-5-6-10-12(8-9)19-14(16-10)17-13(18)11-4-2-3-7-15-11/h5-6,8,11,15H,2-4,7H2,1H3,(H,16,17,18)/t11-/m0/s1. The predicted molar refractivity (Wildman–Crippen MR) is 78.6 cm³/mol. The maximum Gasteiger partial charge on any atom is 0.243 e. The van der Waals surface area contributed by atoms with Gasteiger partial charge in [-0.05, 0) is 44.0 Å². The molecule has 0 aliphatic carbocycles. The van der Waals surface area contributed by atoms with Crippen molar-refractivity contribution in [2.75, 3.05) is 11.9 Å². The van der Waals surface area contributed by atoms with E-state index in [0.717, 1.165) is 36.0 Å². The molecule has 0 unspecified atom stereocenters. The summed E-state index contributed by atoms with van der Waals surface area (Å²) in [5.41, 5.74) is 2.16. The fraction of sp³-hybridized carbons (Fsp3) is 0.429. The molecule has 5 heteroatoms. The summed E-state index contributed by atoms with van der Waals surface area (Å²) in [5.74, 6) is 0.0375.